The fourth-order valence-corrected chi connectivity index (χ4v) is 3.71. The standard InChI is InChI=1S/C23H27N3O3/c1-5-20(25(6-2)22(27)16-11-10-12-17(15-16)29-4)21-24-19-14-9-8-13-18(19)23(28)26(21)7-3/h8-15,20H,5-7H2,1-4H3. The Morgan fingerprint density at radius 2 is 1.90 bits per heavy atom. The Bertz CT molecular complexity index is 1070. The number of carbonyl (C=O) groups excluding carboxylic acids is 1. The number of fused-ring (bicyclic) bond motifs is 1. The van der Waals surface area contributed by atoms with Gasteiger partial charge in [-0.1, -0.05) is 25.1 Å². The Morgan fingerprint density at radius 1 is 1.14 bits per heavy atom. The largest absolute Gasteiger partial charge is 0.497 e. The van der Waals surface area contributed by atoms with E-state index >= 15 is 0 Å². The van der Waals surface area contributed by atoms with Gasteiger partial charge in [-0.3, -0.25) is 14.2 Å². The molecule has 3 aromatic rings. The maximum atomic E-state index is 13.3. The highest BCUT2D eigenvalue weighted by Gasteiger charge is 2.28. The number of aromatic nitrogens is 2. The van der Waals surface area contributed by atoms with Gasteiger partial charge >= 0.3 is 0 Å². The predicted molar refractivity (Wildman–Crippen MR) is 114 cm³/mol. The second-order valence-corrected chi connectivity index (χ2v) is 6.78. The Balaban J connectivity index is 2.11. The van der Waals surface area contributed by atoms with E-state index in [2.05, 4.69) is 0 Å². The summed E-state index contributed by atoms with van der Waals surface area (Å²) in [6.07, 6.45) is 0.647. The van der Waals surface area contributed by atoms with Crippen molar-refractivity contribution in [2.24, 2.45) is 0 Å². The summed E-state index contributed by atoms with van der Waals surface area (Å²) in [6.45, 7) is 6.87. The van der Waals surface area contributed by atoms with Gasteiger partial charge in [-0.15, -0.1) is 0 Å². The molecule has 1 aromatic heterocycles. The van der Waals surface area contributed by atoms with Gasteiger partial charge < -0.3 is 9.64 Å². The summed E-state index contributed by atoms with van der Waals surface area (Å²) in [5.74, 6) is 1.15. The van der Waals surface area contributed by atoms with Crippen LogP contribution in [-0.2, 0) is 6.54 Å². The number of para-hydroxylation sites is 1. The van der Waals surface area contributed by atoms with E-state index in [1.165, 1.54) is 0 Å². The molecule has 0 aliphatic carbocycles. The Kier molecular flexibility index (Phi) is 6.32. The maximum absolute atomic E-state index is 13.3. The van der Waals surface area contributed by atoms with Crippen molar-refractivity contribution in [1.29, 1.82) is 0 Å². The van der Waals surface area contributed by atoms with Gasteiger partial charge in [-0.25, -0.2) is 4.98 Å². The molecule has 0 fully saturated rings. The van der Waals surface area contributed by atoms with Crippen LogP contribution in [0.25, 0.3) is 10.9 Å². The van der Waals surface area contributed by atoms with Crippen molar-refractivity contribution in [1.82, 2.24) is 14.5 Å². The molecule has 0 spiro atoms. The predicted octanol–water partition coefficient (Wildman–Crippen LogP) is 4.04. The number of benzene rings is 2. The molecule has 1 atom stereocenters. The second kappa shape index (κ2) is 8.90. The van der Waals surface area contributed by atoms with Crippen LogP contribution < -0.4 is 10.3 Å². The van der Waals surface area contributed by atoms with Gasteiger partial charge in [-0.2, -0.15) is 0 Å². The summed E-state index contributed by atoms with van der Waals surface area (Å²) in [7, 11) is 1.58. The minimum absolute atomic E-state index is 0.0727. The van der Waals surface area contributed by atoms with Crippen molar-refractivity contribution in [2.45, 2.75) is 39.8 Å². The lowest BCUT2D eigenvalue weighted by Gasteiger charge is -2.31. The normalized spacial score (nSPS) is 12.0. The molecule has 0 saturated heterocycles. The first-order valence-electron chi connectivity index (χ1n) is 10.00. The Morgan fingerprint density at radius 3 is 2.55 bits per heavy atom. The molecule has 3 rings (SSSR count). The number of rotatable bonds is 7. The van der Waals surface area contributed by atoms with Crippen molar-refractivity contribution in [3.8, 4) is 5.75 Å². The van der Waals surface area contributed by atoms with Crippen LogP contribution in [0.15, 0.2) is 53.3 Å². The van der Waals surface area contributed by atoms with Crippen LogP contribution in [0.5, 0.6) is 5.75 Å². The summed E-state index contributed by atoms with van der Waals surface area (Å²) in [5, 5.41) is 0.593. The van der Waals surface area contributed by atoms with Crippen LogP contribution in [0.3, 0.4) is 0 Å². The zero-order valence-electron chi connectivity index (χ0n) is 17.4. The highest BCUT2D eigenvalue weighted by molar-refractivity contribution is 5.95. The van der Waals surface area contributed by atoms with Crippen molar-refractivity contribution in [3.05, 3.63) is 70.3 Å². The first kappa shape index (κ1) is 20.6. The van der Waals surface area contributed by atoms with E-state index in [-0.39, 0.29) is 17.5 Å². The monoisotopic (exact) mass is 393 g/mol. The van der Waals surface area contributed by atoms with E-state index in [0.29, 0.717) is 47.6 Å². The summed E-state index contributed by atoms with van der Waals surface area (Å²) in [6, 6.07) is 14.2. The number of amides is 1. The summed E-state index contributed by atoms with van der Waals surface area (Å²) >= 11 is 0. The summed E-state index contributed by atoms with van der Waals surface area (Å²) in [5.41, 5.74) is 1.13. The molecule has 152 valence electrons. The van der Waals surface area contributed by atoms with Crippen LogP contribution in [0.4, 0.5) is 0 Å². The van der Waals surface area contributed by atoms with Crippen LogP contribution in [0, 0.1) is 0 Å². The van der Waals surface area contributed by atoms with Crippen LogP contribution >= 0.6 is 0 Å². The fourth-order valence-electron chi connectivity index (χ4n) is 3.71. The molecule has 0 radical (unpaired) electrons. The summed E-state index contributed by atoms with van der Waals surface area (Å²) < 4.78 is 6.94. The molecule has 2 aromatic carbocycles. The zero-order chi connectivity index (χ0) is 21.0. The van der Waals surface area contributed by atoms with Crippen LogP contribution in [0.1, 0.15) is 49.4 Å². The third kappa shape index (κ3) is 3.88. The highest BCUT2D eigenvalue weighted by atomic mass is 16.5. The average Bonchev–Trinajstić information content (AvgIpc) is 2.77. The van der Waals surface area contributed by atoms with E-state index in [1.54, 1.807) is 40.8 Å². The Hall–Kier alpha value is -3.15. The minimum Gasteiger partial charge on any atom is -0.497 e. The fraction of sp³-hybridized carbons (Fsp3) is 0.348. The molecule has 1 unspecified atom stereocenters. The topological polar surface area (TPSA) is 64.4 Å². The quantitative estimate of drug-likeness (QED) is 0.608. The molecule has 1 amide bonds. The number of hydrogen-bond donors (Lipinski definition) is 0. The maximum Gasteiger partial charge on any atom is 0.261 e. The molecule has 0 aliphatic heterocycles. The third-order valence-electron chi connectivity index (χ3n) is 5.19. The lowest BCUT2D eigenvalue weighted by Crippen LogP contribution is -2.38. The molecular weight excluding hydrogens is 366 g/mol. The smallest absolute Gasteiger partial charge is 0.261 e. The lowest BCUT2D eigenvalue weighted by atomic mass is 10.1. The van der Waals surface area contributed by atoms with E-state index < -0.39 is 0 Å². The number of nitrogens with zero attached hydrogens (tertiary/aromatic N) is 3. The van der Waals surface area contributed by atoms with E-state index in [1.807, 2.05) is 45.0 Å². The Labute approximate surface area is 170 Å². The molecular formula is C23H27N3O3. The number of ether oxygens (including phenoxy) is 1. The van der Waals surface area contributed by atoms with Gasteiger partial charge in [0.25, 0.3) is 11.5 Å². The molecule has 1 heterocycles. The first-order valence-corrected chi connectivity index (χ1v) is 10.00. The van der Waals surface area contributed by atoms with Gasteiger partial charge in [0, 0.05) is 18.7 Å². The van der Waals surface area contributed by atoms with E-state index in [0.717, 1.165) is 0 Å². The minimum atomic E-state index is -0.309. The van der Waals surface area contributed by atoms with Crippen molar-refractivity contribution in [3.63, 3.8) is 0 Å². The molecule has 0 bridgehead atoms. The third-order valence-corrected chi connectivity index (χ3v) is 5.19. The number of hydrogen-bond acceptors (Lipinski definition) is 4. The molecule has 6 nitrogen and oxygen atoms in total. The van der Waals surface area contributed by atoms with E-state index in [9.17, 15) is 9.59 Å². The highest BCUT2D eigenvalue weighted by Crippen LogP contribution is 2.26. The first-order chi connectivity index (χ1) is 14.0. The van der Waals surface area contributed by atoms with Gasteiger partial charge in [-0.05, 0) is 50.6 Å². The van der Waals surface area contributed by atoms with Gasteiger partial charge in [0.15, 0.2) is 0 Å². The molecule has 29 heavy (non-hydrogen) atoms. The summed E-state index contributed by atoms with van der Waals surface area (Å²) in [4.78, 5) is 32.9. The number of carbonyl (C=O) groups is 1. The zero-order valence-corrected chi connectivity index (χ0v) is 17.4. The van der Waals surface area contributed by atoms with Crippen molar-refractivity contribution in [2.75, 3.05) is 13.7 Å². The van der Waals surface area contributed by atoms with Crippen LogP contribution in [-0.4, -0.2) is 34.0 Å². The lowest BCUT2D eigenvalue weighted by molar-refractivity contribution is 0.0669. The molecule has 6 heteroatoms. The van der Waals surface area contributed by atoms with E-state index in [4.69, 9.17) is 9.72 Å². The van der Waals surface area contributed by atoms with Crippen LogP contribution in [0.2, 0.25) is 0 Å². The van der Waals surface area contributed by atoms with Crippen molar-refractivity contribution < 1.29 is 9.53 Å². The SMILES string of the molecule is CCC(c1nc2ccccc2c(=O)n1CC)N(CC)C(=O)c1cccc(OC)c1. The van der Waals surface area contributed by atoms with Crippen molar-refractivity contribution >= 4 is 16.8 Å². The van der Waals surface area contributed by atoms with Gasteiger partial charge in [0.1, 0.15) is 11.6 Å². The number of methoxy groups -OCH3 is 1. The van der Waals surface area contributed by atoms with Gasteiger partial charge in [0.05, 0.1) is 24.1 Å². The second-order valence-electron chi connectivity index (χ2n) is 6.78. The molecule has 0 saturated carbocycles. The molecule has 0 aliphatic rings. The molecule has 0 N–H and O–H groups in total. The van der Waals surface area contributed by atoms with Gasteiger partial charge in [0.2, 0.25) is 0 Å². The average molecular weight is 393 g/mol.